The highest BCUT2D eigenvalue weighted by Crippen LogP contribution is 2.36. The number of halogens is 2. The summed E-state index contributed by atoms with van der Waals surface area (Å²) >= 11 is 12.3. The van der Waals surface area contributed by atoms with Gasteiger partial charge in [-0.05, 0) is 54.8 Å². The van der Waals surface area contributed by atoms with E-state index in [1.807, 2.05) is 55.6 Å². The fourth-order valence-corrected chi connectivity index (χ4v) is 5.01. The lowest BCUT2D eigenvalue weighted by molar-refractivity contribution is -0.134. The number of hydrogen-bond donors (Lipinski definition) is 0. The summed E-state index contributed by atoms with van der Waals surface area (Å²) in [5, 5.41) is 1.05. The van der Waals surface area contributed by atoms with Crippen LogP contribution in [0.15, 0.2) is 78.9 Å². The van der Waals surface area contributed by atoms with Crippen LogP contribution >= 0.6 is 23.2 Å². The van der Waals surface area contributed by atoms with Gasteiger partial charge in [0.15, 0.2) is 0 Å². The highest BCUT2D eigenvalue weighted by molar-refractivity contribution is 6.33. The molecule has 36 heavy (non-hydrogen) atoms. The average molecular weight is 525 g/mol. The molecule has 1 atom stereocenters. The second kappa shape index (κ2) is 11.8. The molecule has 0 spiro atoms. The van der Waals surface area contributed by atoms with Crippen molar-refractivity contribution in [1.82, 2.24) is 9.80 Å². The van der Waals surface area contributed by atoms with E-state index in [-0.39, 0.29) is 18.2 Å². The van der Waals surface area contributed by atoms with E-state index in [1.54, 1.807) is 40.1 Å². The molecule has 4 rings (SSSR count). The first-order valence-corrected chi connectivity index (χ1v) is 12.8. The minimum absolute atomic E-state index is 0.0191. The molecule has 0 bridgehead atoms. The van der Waals surface area contributed by atoms with E-state index in [0.29, 0.717) is 47.6 Å². The van der Waals surface area contributed by atoms with Crippen LogP contribution in [0, 0.1) is 5.41 Å². The van der Waals surface area contributed by atoms with Crippen molar-refractivity contribution in [3.63, 3.8) is 0 Å². The molecular weight excluding hydrogens is 495 g/mol. The molecule has 1 saturated heterocycles. The Bertz CT molecular complexity index is 1190. The highest BCUT2D eigenvalue weighted by atomic mass is 35.5. The summed E-state index contributed by atoms with van der Waals surface area (Å²) in [7, 11) is 1.82. The average Bonchev–Trinajstić information content (AvgIpc) is 2.89. The number of hydrogen-bond acceptors (Lipinski definition) is 3. The molecular formula is C29H30Cl2N2O3. The summed E-state index contributed by atoms with van der Waals surface area (Å²) in [5.74, 6) is 0.574. The molecule has 188 valence electrons. The highest BCUT2D eigenvalue weighted by Gasteiger charge is 2.41. The van der Waals surface area contributed by atoms with Crippen molar-refractivity contribution < 1.29 is 14.3 Å². The topological polar surface area (TPSA) is 49.9 Å². The molecule has 0 radical (unpaired) electrons. The SMILES string of the molecule is CN(Cc1ccccc1)C(=O)CC1(COc2ccc(Cl)cc2)CCCN(C(=O)c2ccccc2Cl)C1. The molecule has 1 aliphatic heterocycles. The Labute approximate surface area is 222 Å². The lowest BCUT2D eigenvalue weighted by atomic mass is 9.77. The molecule has 5 nitrogen and oxygen atoms in total. The zero-order valence-corrected chi connectivity index (χ0v) is 21.8. The number of amides is 2. The third kappa shape index (κ3) is 6.59. The molecule has 1 unspecified atom stereocenters. The maximum atomic E-state index is 13.4. The first-order valence-electron chi connectivity index (χ1n) is 12.1. The Morgan fingerprint density at radius 2 is 1.67 bits per heavy atom. The zero-order valence-electron chi connectivity index (χ0n) is 20.3. The van der Waals surface area contributed by atoms with Crippen LogP contribution in [0.2, 0.25) is 10.0 Å². The van der Waals surface area contributed by atoms with E-state index in [9.17, 15) is 9.59 Å². The number of rotatable bonds is 8. The second-order valence-electron chi connectivity index (χ2n) is 9.46. The fraction of sp³-hybridized carbons (Fsp3) is 0.310. The van der Waals surface area contributed by atoms with E-state index in [2.05, 4.69) is 0 Å². The Morgan fingerprint density at radius 1 is 0.972 bits per heavy atom. The van der Waals surface area contributed by atoms with E-state index in [1.165, 1.54) is 0 Å². The molecule has 0 N–H and O–H groups in total. The van der Waals surface area contributed by atoms with Crippen LogP contribution in [0.5, 0.6) is 5.75 Å². The molecule has 1 heterocycles. The van der Waals surface area contributed by atoms with Crippen molar-refractivity contribution in [1.29, 1.82) is 0 Å². The number of carbonyl (C=O) groups excluding carboxylic acids is 2. The first-order chi connectivity index (χ1) is 17.3. The van der Waals surface area contributed by atoms with Crippen LogP contribution in [-0.4, -0.2) is 48.4 Å². The molecule has 1 aliphatic rings. The van der Waals surface area contributed by atoms with Crippen LogP contribution in [0.4, 0.5) is 0 Å². The Morgan fingerprint density at radius 3 is 2.39 bits per heavy atom. The third-order valence-electron chi connectivity index (χ3n) is 6.63. The Hall–Kier alpha value is -3.02. The summed E-state index contributed by atoms with van der Waals surface area (Å²) < 4.78 is 6.17. The van der Waals surface area contributed by atoms with Gasteiger partial charge in [0.05, 0.1) is 17.2 Å². The lowest BCUT2D eigenvalue weighted by Crippen LogP contribution is -2.50. The van der Waals surface area contributed by atoms with Gasteiger partial charge in [0.25, 0.3) is 5.91 Å². The van der Waals surface area contributed by atoms with Gasteiger partial charge in [0.2, 0.25) is 5.91 Å². The van der Waals surface area contributed by atoms with Crippen LogP contribution in [0.1, 0.15) is 35.2 Å². The maximum Gasteiger partial charge on any atom is 0.255 e. The molecule has 0 aromatic heterocycles. The van der Waals surface area contributed by atoms with E-state index < -0.39 is 5.41 Å². The number of nitrogens with zero attached hydrogens (tertiary/aromatic N) is 2. The molecule has 2 amide bonds. The van der Waals surface area contributed by atoms with E-state index >= 15 is 0 Å². The smallest absolute Gasteiger partial charge is 0.255 e. The summed E-state index contributed by atoms with van der Waals surface area (Å²) in [5.41, 5.74) is 1.01. The standard InChI is InChI=1S/C29H30Cl2N2O3/c1-32(19-22-8-3-2-4-9-22)27(34)18-29(21-36-24-14-12-23(30)13-15-24)16-7-17-33(20-29)28(35)25-10-5-6-11-26(25)31/h2-6,8-15H,7,16-21H2,1H3. The lowest BCUT2D eigenvalue weighted by Gasteiger charge is -2.43. The van der Waals surface area contributed by atoms with Gasteiger partial charge < -0.3 is 14.5 Å². The van der Waals surface area contributed by atoms with Gasteiger partial charge in [0.1, 0.15) is 5.75 Å². The van der Waals surface area contributed by atoms with Crippen molar-refractivity contribution in [2.75, 3.05) is 26.7 Å². The summed E-state index contributed by atoms with van der Waals surface area (Å²) in [6.45, 7) is 1.86. The third-order valence-corrected chi connectivity index (χ3v) is 7.21. The predicted molar refractivity (Wildman–Crippen MR) is 144 cm³/mol. The molecule has 0 saturated carbocycles. The monoisotopic (exact) mass is 524 g/mol. The van der Waals surface area contributed by atoms with Crippen LogP contribution in [-0.2, 0) is 11.3 Å². The predicted octanol–water partition coefficient (Wildman–Crippen LogP) is 6.34. The van der Waals surface area contributed by atoms with E-state index in [4.69, 9.17) is 27.9 Å². The largest absolute Gasteiger partial charge is 0.493 e. The van der Waals surface area contributed by atoms with Crippen molar-refractivity contribution in [3.8, 4) is 5.75 Å². The second-order valence-corrected chi connectivity index (χ2v) is 10.3. The summed E-state index contributed by atoms with van der Waals surface area (Å²) in [6, 6.07) is 24.2. The summed E-state index contributed by atoms with van der Waals surface area (Å²) in [4.78, 5) is 30.3. The van der Waals surface area contributed by atoms with Crippen molar-refractivity contribution in [2.24, 2.45) is 5.41 Å². The molecule has 1 fully saturated rings. The normalized spacial score (nSPS) is 17.5. The van der Waals surface area contributed by atoms with Gasteiger partial charge in [-0.15, -0.1) is 0 Å². The molecule has 0 aliphatic carbocycles. The Kier molecular flexibility index (Phi) is 8.55. The van der Waals surface area contributed by atoms with Crippen LogP contribution in [0.3, 0.4) is 0 Å². The van der Waals surface area contributed by atoms with Gasteiger partial charge in [0, 0.05) is 43.5 Å². The molecule has 7 heteroatoms. The quantitative estimate of drug-likeness (QED) is 0.345. The van der Waals surface area contributed by atoms with Crippen LogP contribution in [0.25, 0.3) is 0 Å². The number of likely N-dealkylation sites (tertiary alicyclic amines) is 1. The molecule has 3 aromatic rings. The van der Waals surface area contributed by atoms with E-state index in [0.717, 1.165) is 18.4 Å². The number of ether oxygens (including phenoxy) is 1. The number of carbonyl (C=O) groups is 2. The van der Waals surface area contributed by atoms with Gasteiger partial charge in [-0.1, -0.05) is 65.7 Å². The number of piperidine rings is 1. The summed E-state index contributed by atoms with van der Waals surface area (Å²) in [6.07, 6.45) is 1.82. The Balaban J connectivity index is 1.53. The minimum atomic E-state index is -0.531. The zero-order chi connectivity index (χ0) is 25.5. The first kappa shape index (κ1) is 26.1. The van der Waals surface area contributed by atoms with Gasteiger partial charge in [-0.2, -0.15) is 0 Å². The van der Waals surface area contributed by atoms with Crippen molar-refractivity contribution >= 4 is 35.0 Å². The van der Waals surface area contributed by atoms with Crippen molar-refractivity contribution in [2.45, 2.75) is 25.8 Å². The van der Waals surface area contributed by atoms with Gasteiger partial charge >= 0.3 is 0 Å². The van der Waals surface area contributed by atoms with Gasteiger partial charge in [-0.3, -0.25) is 9.59 Å². The number of benzene rings is 3. The van der Waals surface area contributed by atoms with Crippen molar-refractivity contribution in [3.05, 3.63) is 100 Å². The molecule has 3 aromatic carbocycles. The minimum Gasteiger partial charge on any atom is -0.493 e. The maximum absolute atomic E-state index is 13.4. The fourth-order valence-electron chi connectivity index (χ4n) is 4.67. The van der Waals surface area contributed by atoms with Gasteiger partial charge in [-0.25, -0.2) is 0 Å². The van der Waals surface area contributed by atoms with Crippen LogP contribution < -0.4 is 4.74 Å².